The molecule has 1 aromatic heterocycles. The topological polar surface area (TPSA) is 81.7 Å². The Morgan fingerprint density at radius 3 is 2.84 bits per heavy atom. The highest BCUT2D eigenvalue weighted by Crippen LogP contribution is 2.28. The Morgan fingerprint density at radius 2 is 2.12 bits per heavy atom. The number of fused-ring (bicyclic) bond motifs is 1. The quantitative estimate of drug-likeness (QED) is 0.656. The number of Topliss-reactive ketones (excluding diaryl/α,β-unsaturated/α-hetero) is 1. The Balaban J connectivity index is 1.65. The lowest BCUT2D eigenvalue weighted by Crippen LogP contribution is -2.25. The van der Waals surface area contributed by atoms with E-state index in [1.54, 1.807) is 18.2 Å². The van der Waals surface area contributed by atoms with Crippen LogP contribution in [-0.2, 0) is 16.0 Å². The van der Waals surface area contributed by atoms with Crippen LogP contribution in [-0.4, -0.2) is 30.9 Å². The summed E-state index contributed by atoms with van der Waals surface area (Å²) < 4.78 is 10.4. The summed E-state index contributed by atoms with van der Waals surface area (Å²) in [4.78, 5) is 37.3. The number of carbonyl (C=O) groups is 3. The van der Waals surface area contributed by atoms with Crippen LogP contribution < -0.4 is 10.1 Å². The van der Waals surface area contributed by atoms with E-state index in [4.69, 9.17) is 9.47 Å². The third-order valence-corrected chi connectivity index (χ3v) is 4.94. The predicted molar refractivity (Wildman–Crippen MR) is 93.6 cm³/mol. The number of aryl methyl sites for hydroxylation is 2. The smallest absolute Gasteiger partial charge is 0.348 e. The molecule has 0 saturated heterocycles. The summed E-state index contributed by atoms with van der Waals surface area (Å²) in [5.41, 5.74) is 1.89. The number of ketones is 1. The molecule has 1 aromatic carbocycles. The zero-order valence-electron chi connectivity index (χ0n) is 13.9. The Bertz CT molecular complexity index is 855. The standard InChI is InChI=1S/C18H17NO5S/c1-3-11-7-16(25-10(11)2)18(22)24-8-14(20)12-4-5-15-13(6-12)19-17(21)9-23-15/h4-7H,3,8-9H2,1-2H3,(H,19,21). The lowest BCUT2D eigenvalue weighted by atomic mass is 10.1. The first kappa shape index (κ1) is 17.2. The molecule has 130 valence electrons. The summed E-state index contributed by atoms with van der Waals surface area (Å²) >= 11 is 1.36. The Labute approximate surface area is 148 Å². The van der Waals surface area contributed by atoms with Crippen LogP contribution in [0.5, 0.6) is 5.75 Å². The average molecular weight is 359 g/mol. The van der Waals surface area contributed by atoms with E-state index in [1.807, 2.05) is 13.8 Å². The Hall–Kier alpha value is -2.67. The molecule has 2 aromatic rings. The van der Waals surface area contributed by atoms with Crippen molar-refractivity contribution in [1.29, 1.82) is 0 Å². The number of thiophene rings is 1. The summed E-state index contributed by atoms with van der Waals surface area (Å²) in [6.07, 6.45) is 0.845. The van der Waals surface area contributed by atoms with Gasteiger partial charge in [-0.3, -0.25) is 9.59 Å². The summed E-state index contributed by atoms with van der Waals surface area (Å²) in [6.45, 7) is 3.57. The lowest BCUT2D eigenvalue weighted by Gasteiger charge is -2.18. The number of carbonyl (C=O) groups excluding carboxylic acids is 3. The molecular weight excluding hydrogens is 342 g/mol. The minimum Gasteiger partial charge on any atom is -0.482 e. The van der Waals surface area contributed by atoms with Crippen LogP contribution in [0.25, 0.3) is 0 Å². The minimum absolute atomic E-state index is 0.0438. The number of benzene rings is 1. The maximum atomic E-state index is 12.2. The van der Waals surface area contributed by atoms with Gasteiger partial charge in [0.2, 0.25) is 0 Å². The van der Waals surface area contributed by atoms with Crippen molar-refractivity contribution in [1.82, 2.24) is 0 Å². The molecule has 1 aliphatic rings. The highest BCUT2D eigenvalue weighted by atomic mass is 32.1. The Morgan fingerprint density at radius 1 is 1.32 bits per heavy atom. The zero-order chi connectivity index (χ0) is 18.0. The summed E-state index contributed by atoms with van der Waals surface area (Å²) in [7, 11) is 0. The van der Waals surface area contributed by atoms with Crippen LogP contribution in [0.15, 0.2) is 24.3 Å². The van der Waals surface area contributed by atoms with Gasteiger partial charge >= 0.3 is 5.97 Å². The van der Waals surface area contributed by atoms with Crippen molar-refractivity contribution < 1.29 is 23.9 Å². The van der Waals surface area contributed by atoms with E-state index in [2.05, 4.69) is 5.32 Å². The molecule has 0 bridgehead atoms. The number of amides is 1. The second-order valence-corrected chi connectivity index (χ2v) is 6.85. The van der Waals surface area contributed by atoms with Crippen molar-refractivity contribution in [3.8, 4) is 5.75 Å². The number of hydrogen-bond donors (Lipinski definition) is 1. The van der Waals surface area contributed by atoms with Crippen molar-refractivity contribution >= 4 is 34.7 Å². The lowest BCUT2D eigenvalue weighted by molar-refractivity contribution is -0.118. The fraction of sp³-hybridized carbons (Fsp3) is 0.278. The molecule has 0 saturated carbocycles. The third-order valence-electron chi connectivity index (χ3n) is 3.87. The maximum Gasteiger partial charge on any atom is 0.348 e. The highest BCUT2D eigenvalue weighted by Gasteiger charge is 2.19. The van der Waals surface area contributed by atoms with Crippen LogP contribution in [0.2, 0.25) is 0 Å². The van der Waals surface area contributed by atoms with Crippen LogP contribution in [0.4, 0.5) is 5.69 Å². The van der Waals surface area contributed by atoms with Crippen LogP contribution in [0, 0.1) is 6.92 Å². The van der Waals surface area contributed by atoms with Gasteiger partial charge in [-0.25, -0.2) is 4.79 Å². The maximum absolute atomic E-state index is 12.2. The molecule has 1 N–H and O–H groups in total. The first-order valence-corrected chi connectivity index (χ1v) is 8.66. The van der Waals surface area contributed by atoms with Crippen molar-refractivity contribution in [2.24, 2.45) is 0 Å². The molecule has 2 heterocycles. The second kappa shape index (κ2) is 7.06. The van der Waals surface area contributed by atoms with Crippen molar-refractivity contribution in [2.45, 2.75) is 20.3 Å². The molecule has 0 atom stereocenters. The van der Waals surface area contributed by atoms with Gasteiger partial charge in [0.05, 0.1) is 5.69 Å². The molecule has 25 heavy (non-hydrogen) atoms. The SMILES string of the molecule is CCc1cc(C(=O)OCC(=O)c2ccc3c(c2)NC(=O)CO3)sc1C. The summed E-state index contributed by atoms with van der Waals surface area (Å²) in [5.74, 6) is -0.617. The monoisotopic (exact) mass is 359 g/mol. The minimum atomic E-state index is -0.504. The molecule has 7 heteroatoms. The first-order chi connectivity index (χ1) is 12.0. The number of anilines is 1. The zero-order valence-corrected chi connectivity index (χ0v) is 14.7. The number of nitrogens with one attached hydrogen (secondary N) is 1. The van der Waals surface area contributed by atoms with E-state index in [1.165, 1.54) is 17.4 Å². The molecule has 0 aliphatic carbocycles. The molecule has 0 fully saturated rings. The first-order valence-electron chi connectivity index (χ1n) is 7.84. The van der Waals surface area contributed by atoms with Gasteiger partial charge in [0.15, 0.2) is 19.0 Å². The average Bonchev–Trinajstić information content (AvgIpc) is 2.99. The van der Waals surface area contributed by atoms with E-state index in [-0.39, 0.29) is 24.9 Å². The van der Waals surface area contributed by atoms with Crippen LogP contribution in [0.1, 0.15) is 37.4 Å². The van der Waals surface area contributed by atoms with E-state index in [0.717, 1.165) is 16.9 Å². The van der Waals surface area contributed by atoms with Crippen molar-refractivity contribution in [3.63, 3.8) is 0 Å². The van der Waals surface area contributed by atoms with Gasteiger partial charge < -0.3 is 14.8 Å². The Kier molecular flexibility index (Phi) is 4.85. The van der Waals surface area contributed by atoms with Gasteiger partial charge in [-0.15, -0.1) is 11.3 Å². The molecule has 3 rings (SSSR count). The van der Waals surface area contributed by atoms with E-state index < -0.39 is 5.97 Å². The fourth-order valence-corrected chi connectivity index (χ4v) is 3.52. The van der Waals surface area contributed by atoms with Gasteiger partial charge in [-0.1, -0.05) is 6.92 Å². The number of rotatable bonds is 5. The summed E-state index contributed by atoms with van der Waals surface area (Å²) in [5, 5.41) is 2.64. The van der Waals surface area contributed by atoms with Gasteiger partial charge in [-0.05, 0) is 43.2 Å². The number of hydrogen-bond acceptors (Lipinski definition) is 6. The van der Waals surface area contributed by atoms with Gasteiger partial charge in [0, 0.05) is 10.4 Å². The second-order valence-electron chi connectivity index (χ2n) is 5.59. The van der Waals surface area contributed by atoms with Gasteiger partial charge in [0.1, 0.15) is 10.6 Å². The predicted octanol–water partition coefficient (Wildman–Crippen LogP) is 2.99. The van der Waals surface area contributed by atoms with Crippen molar-refractivity contribution in [2.75, 3.05) is 18.5 Å². The number of esters is 1. The fourth-order valence-electron chi connectivity index (χ4n) is 2.51. The molecule has 0 radical (unpaired) electrons. The molecular formula is C18H17NO5S. The third kappa shape index (κ3) is 3.71. The molecule has 1 aliphatic heterocycles. The molecule has 6 nitrogen and oxygen atoms in total. The van der Waals surface area contributed by atoms with E-state index in [9.17, 15) is 14.4 Å². The van der Waals surface area contributed by atoms with Gasteiger partial charge in [-0.2, -0.15) is 0 Å². The van der Waals surface area contributed by atoms with Crippen LogP contribution >= 0.6 is 11.3 Å². The van der Waals surface area contributed by atoms with Gasteiger partial charge in [0.25, 0.3) is 5.91 Å². The molecule has 1 amide bonds. The normalized spacial score (nSPS) is 12.8. The number of ether oxygens (including phenoxy) is 2. The van der Waals surface area contributed by atoms with Crippen LogP contribution in [0.3, 0.4) is 0 Å². The van der Waals surface area contributed by atoms with E-state index in [0.29, 0.717) is 21.9 Å². The molecule has 0 spiro atoms. The van der Waals surface area contributed by atoms with E-state index >= 15 is 0 Å². The van der Waals surface area contributed by atoms with Crippen molar-refractivity contribution in [3.05, 3.63) is 45.1 Å². The molecule has 0 unspecified atom stereocenters. The largest absolute Gasteiger partial charge is 0.482 e. The summed E-state index contributed by atoms with van der Waals surface area (Å²) in [6, 6.07) is 6.52. The highest BCUT2D eigenvalue weighted by molar-refractivity contribution is 7.14.